The van der Waals surface area contributed by atoms with Crippen molar-refractivity contribution in [2.75, 3.05) is 13.6 Å². The molecule has 0 bridgehead atoms. The van der Waals surface area contributed by atoms with Gasteiger partial charge >= 0.3 is 0 Å². The van der Waals surface area contributed by atoms with Crippen LogP contribution in [0.2, 0.25) is 0 Å². The van der Waals surface area contributed by atoms with Crippen LogP contribution >= 0.6 is 0 Å². The van der Waals surface area contributed by atoms with E-state index in [-0.39, 0.29) is 98.0 Å². The molecule has 1 aliphatic carbocycles. The van der Waals surface area contributed by atoms with E-state index in [0.717, 1.165) is 52.6 Å². The van der Waals surface area contributed by atoms with Gasteiger partial charge in [-0.15, -0.1) is 0 Å². The predicted octanol–water partition coefficient (Wildman–Crippen LogP) is 9.89. The van der Waals surface area contributed by atoms with Gasteiger partial charge in [-0.1, -0.05) is 177 Å². The topological polar surface area (TPSA) is 177 Å². The van der Waals surface area contributed by atoms with Crippen molar-refractivity contribution in [2.45, 2.75) is 175 Å². The van der Waals surface area contributed by atoms with E-state index in [4.69, 9.17) is 0 Å². The fourth-order valence-electron chi connectivity index (χ4n) is 12.5. The van der Waals surface area contributed by atoms with Crippen LogP contribution in [-0.2, 0) is 54.7 Å². The molecule has 8 rings (SSSR count). The molecule has 3 unspecified atom stereocenters. The number of amides is 6. The van der Waals surface area contributed by atoms with Crippen LogP contribution in [0.15, 0.2) is 133 Å². The first-order valence-corrected chi connectivity index (χ1v) is 30.3. The van der Waals surface area contributed by atoms with Crippen molar-refractivity contribution >= 4 is 41.2 Å². The first-order chi connectivity index (χ1) is 40.0. The van der Waals surface area contributed by atoms with Crippen LogP contribution < -0.4 is 21.3 Å². The number of rotatable bonds is 20. The van der Waals surface area contributed by atoms with Gasteiger partial charge in [0.25, 0.3) is 5.91 Å². The van der Waals surface area contributed by atoms with Gasteiger partial charge in [-0.2, -0.15) is 0 Å². The van der Waals surface area contributed by atoms with Gasteiger partial charge < -0.3 is 36.0 Å². The van der Waals surface area contributed by atoms with Crippen LogP contribution in [-0.4, -0.2) is 106 Å². The smallest absolute Gasteiger partial charge is 0.251 e. The number of nitrogens with zero attached hydrogens (tertiary/aromatic N) is 3. The summed E-state index contributed by atoms with van der Waals surface area (Å²) in [5.74, 6) is -3.18. The number of nitrogens with one attached hydrogen (secondary N) is 4. The molecule has 4 N–H and O–H groups in total. The highest BCUT2D eigenvalue weighted by Gasteiger charge is 2.47. The van der Waals surface area contributed by atoms with E-state index in [1.54, 1.807) is 35.9 Å². The quantitative estimate of drug-likeness (QED) is 0.0595. The molecule has 446 valence electrons. The molecule has 1 saturated heterocycles. The summed E-state index contributed by atoms with van der Waals surface area (Å²) in [6, 6.07) is 39.0. The Morgan fingerprint density at radius 1 is 0.667 bits per heavy atom. The lowest BCUT2D eigenvalue weighted by Crippen LogP contribution is -2.62. The number of benzene rings is 5. The Labute approximate surface area is 498 Å². The predicted molar refractivity (Wildman–Crippen MR) is 329 cm³/mol. The third-order valence-corrected chi connectivity index (χ3v) is 18.0. The number of hydrogen-bond donors (Lipinski definition) is 4. The second-order valence-electron chi connectivity index (χ2n) is 25.9. The van der Waals surface area contributed by atoms with Gasteiger partial charge in [0, 0.05) is 67.9 Å². The summed E-state index contributed by atoms with van der Waals surface area (Å²) < 4.78 is 0. The minimum Gasteiger partial charge on any atom is -0.347 e. The van der Waals surface area contributed by atoms with Gasteiger partial charge in [-0.25, -0.2) is 0 Å². The number of carbonyl (C=O) groups is 7. The lowest BCUT2D eigenvalue weighted by atomic mass is 9.76. The van der Waals surface area contributed by atoms with E-state index in [0.29, 0.717) is 12.0 Å². The van der Waals surface area contributed by atoms with E-state index in [9.17, 15) is 24.0 Å². The Morgan fingerprint density at radius 2 is 1.26 bits per heavy atom. The molecule has 5 aromatic rings. The number of likely N-dealkylation sites (tertiary alicyclic amines) is 1. The normalized spacial score (nSPS) is 19.6. The van der Waals surface area contributed by atoms with E-state index in [1.807, 2.05) is 151 Å². The number of hydrogen-bond acceptors (Lipinski definition) is 8. The first kappa shape index (κ1) is 62.6. The summed E-state index contributed by atoms with van der Waals surface area (Å²) >= 11 is 0. The van der Waals surface area contributed by atoms with Crippen LogP contribution in [0.4, 0.5) is 0 Å². The van der Waals surface area contributed by atoms with Crippen LogP contribution in [0, 0.1) is 22.7 Å². The van der Waals surface area contributed by atoms with Crippen molar-refractivity contribution in [3.63, 3.8) is 0 Å². The van der Waals surface area contributed by atoms with Gasteiger partial charge in [0.2, 0.25) is 29.5 Å². The average molecular weight is 1140 g/mol. The molecular formula is C70H89N7O7. The number of likely N-dealkylation sites (N-methyl/N-ethyl adjacent to an activating group) is 1. The minimum atomic E-state index is -0.921. The summed E-state index contributed by atoms with van der Waals surface area (Å²) in [6.07, 6.45) is 3.65. The number of aryl methyl sites for hydroxylation is 1. The summed E-state index contributed by atoms with van der Waals surface area (Å²) in [7, 11) is 1.71. The Hall–Kier alpha value is -7.45. The molecule has 1 fully saturated rings. The minimum absolute atomic E-state index is 0.00362. The highest BCUT2D eigenvalue weighted by Crippen LogP contribution is 2.38. The van der Waals surface area contributed by atoms with Crippen molar-refractivity contribution in [1.82, 2.24) is 36.0 Å². The van der Waals surface area contributed by atoms with Gasteiger partial charge in [-0.3, -0.25) is 33.6 Å². The SMILES string of the molecule is CC[C@@H](C)C(=O)N[C@H](C(=O)N1Cc2ccccc2C[C@H]1C(=O)N(Cc1ccc(C(=O)NC2C[C@@H](C(=O)NC3CCCc4ccccc43)N(C(=O)[C@@H](CC(=O)[C@H](C)NC)C(C)(C)C)C2)cc1)C(C)C(c1ccccc1)c1ccccc1)C(C)(C)C. The van der Waals surface area contributed by atoms with Crippen LogP contribution in [0.3, 0.4) is 0 Å². The zero-order chi connectivity index (χ0) is 60.6. The van der Waals surface area contributed by atoms with Crippen LogP contribution in [0.5, 0.6) is 0 Å². The molecule has 6 amide bonds. The zero-order valence-electron chi connectivity index (χ0n) is 51.2. The highest BCUT2D eigenvalue weighted by molar-refractivity contribution is 5.97. The number of fused-ring (bicyclic) bond motifs is 2. The largest absolute Gasteiger partial charge is 0.347 e. The maximum Gasteiger partial charge on any atom is 0.251 e. The fraction of sp³-hybridized carbons (Fsp3) is 0.471. The summed E-state index contributed by atoms with van der Waals surface area (Å²) in [6.45, 7) is 19.6. The van der Waals surface area contributed by atoms with E-state index < -0.39 is 53.0 Å². The molecule has 0 spiro atoms. The van der Waals surface area contributed by atoms with Gasteiger partial charge in [0.1, 0.15) is 23.9 Å². The van der Waals surface area contributed by atoms with Crippen LogP contribution in [0.25, 0.3) is 0 Å². The molecule has 14 heteroatoms. The van der Waals surface area contributed by atoms with Crippen molar-refractivity contribution in [3.05, 3.63) is 178 Å². The lowest BCUT2D eigenvalue weighted by molar-refractivity contribution is -0.152. The van der Waals surface area contributed by atoms with Gasteiger partial charge in [0.15, 0.2) is 0 Å². The molecule has 14 nitrogen and oxygen atoms in total. The van der Waals surface area contributed by atoms with Crippen molar-refractivity contribution in [2.24, 2.45) is 22.7 Å². The van der Waals surface area contributed by atoms with E-state index in [2.05, 4.69) is 58.5 Å². The zero-order valence-corrected chi connectivity index (χ0v) is 51.2. The van der Waals surface area contributed by atoms with Crippen molar-refractivity contribution < 1.29 is 33.6 Å². The molecule has 9 atom stereocenters. The second-order valence-corrected chi connectivity index (χ2v) is 25.9. The van der Waals surface area contributed by atoms with Crippen molar-refractivity contribution in [3.8, 4) is 0 Å². The second kappa shape index (κ2) is 27.1. The molecule has 0 saturated carbocycles. The molecule has 84 heavy (non-hydrogen) atoms. The summed E-state index contributed by atoms with van der Waals surface area (Å²) in [4.78, 5) is 108. The molecule has 2 heterocycles. The fourth-order valence-corrected chi connectivity index (χ4v) is 12.5. The molecule has 0 aromatic heterocycles. The highest BCUT2D eigenvalue weighted by atomic mass is 16.2. The third-order valence-electron chi connectivity index (χ3n) is 18.0. The maximum absolute atomic E-state index is 16.1. The Kier molecular flexibility index (Phi) is 20.2. The first-order valence-electron chi connectivity index (χ1n) is 30.3. The lowest BCUT2D eigenvalue weighted by Gasteiger charge is -2.44. The van der Waals surface area contributed by atoms with Gasteiger partial charge in [0.05, 0.1) is 12.1 Å². The number of Topliss-reactive ketones (excluding diaryl/α,β-unsaturated/α-hetero) is 1. The number of carbonyl (C=O) groups excluding carboxylic acids is 7. The molecular weight excluding hydrogens is 1050 g/mol. The monoisotopic (exact) mass is 1140 g/mol. The molecule has 3 aliphatic rings. The van der Waals surface area contributed by atoms with E-state index in [1.165, 1.54) is 5.56 Å². The molecule has 0 radical (unpaired) electrons. The Morgan fingerprint density at radius 3 is 1.86 bits per heavy atom. The third kappa shape index (κ3) is 14.5. The summed E-state index contributed by atoms with van der Waals surface area (Å²) in [5.41, 5.74) is 6.01. The van der Waals surface area contributed by atoms with E-state index >= 15 is 9.59 Å². The van der Waals surface area contributed by atoms with Gasteiger partial charge in [-0.05, 0) is 115 Å². The molecule has 2 aliphatic heterocycles. The average Bonchev–Trinajstić information content (AvgIpc) is 2.62. The Bertz CT molecular complexity index is 3090. The standard InChI is InChI=1S/C70H89N7O7/c1-12-44(2)63(79)74-62(70(8,9)10)68(84)76-42-53-30-20-19-29-52(53)38-59(76)67(83)75(46(4)61(49-25-15-13-16-26-49)50-27-17-14-18-28-50)41-47-34-36-51(37-35-47)64(80)72-54-39-58(65(81)73-57-33-23-31-48-24-21-22-32-55(48)57)77(43-54)66(82)56(69(5,6)7)40-60(78)45(3)71-11/h13-22,24-30,32,34-37,44-46,54,56-59,61-62,71H,12,23,31,33,38-43H2,1-11H3,(H,72,80)(H,73,81)(H,74,79)/t44-,45+,46?,54?,56-,57?,58+,59+,62-/m1/s1. The molecule has 5 aromatic carbocycles. The Balaban J connectivity index is 1.10. The van der Waals surface area contributed by atoms with Crippen LogP contribution in [0.1, 0.15) is 163 Å². The maximum atomic E-state index is 16.1. The van der Waals surface area contributed by atoms with Crippen molar-refractivity contribution in [1.29, 1.82) is 0 Å². The summed E-state index contributed by atoms with van der Waals surface area (Å²) in [5, 5.41) is 12.6. The number of ketones is 1.